The predicted octanol–water partition coefficient (Wildman–Crippen LogP) is 0.431. The fourth-order valence-corrected chi connectivity index (χ4v) is 2.43. The van der Waals surface area contributed by atoms with Crippen molar-refractivity contribution in [3.05, 3.63) is 17.7 Å². The molecule has 2 atom stereocenters. The Balaban J connectivity index is 1.67. The molecule has 0 aliphatic carbocycles. The number of nitrogens with one attached hydrogen (secondary N) is 3. The molecular formula is C14H22N4O3. The fraction of sp³-hybridized carbons (Fsp3) is 0.643. The van der Waals surface area contributed by atoms with E-state index in [4.69, 9.17) is 5.11 Å². The normalized spacial score (nSPS) is 18.8. The molecule has 0 bridgehead atoms. The molecule has 2 unspecified atom stereocenters. The zero-order valence-electron chi connectivity index (χ0n) is 12.2. The summed E-state index contributed by atoms with van der Waals surface area (Å²) in [6, 6.07) is -0.241. The highest BCUT2D eigenvalue weighted by Gasteiger charge is 2.25. The Hall–Kier alpha value is -1.89. The summed E-state index contributed by atoms with van der Waals surface area (Å²) in [5, 5.41) is 14.7. The van der Waals surface area contributed by atoms with E-state index in [1.54, 1.807) is 6.33 Å². The molecule has 7 nitrogen and oxygen atoms in total. The highest BCUT2D eigenvalue weighted by Crippen LogP contribution is 2.12. The quantitative estimate of drug-likeness (QED) is 0.583. The van der Waals surface area contributed by atoms with Gasteiger partial charge in [0.2, 0.25) is 5.91 Å². The molecule has 1 aromatic rings. The van der Waals surface area contributed by atoms with Crippen LogP contribution in [0.5, 0.6) is 0 Å². The lowest BCUT2D eigenvalue weighted by molar-refractivity contribution is -0.137. The van der Waals surface area contributed by atoms with Gasteiger partial charge in [-0.25, -0.2) is 4.98 Å². The second kappa shape index (κ2) is 7.21. The lowest BCUT2D eigenvalue weighted by Gasteiger charge is -2.22. The van der Waals surface area contributed by atoms with Crippen molar-refractivity contribution in [3.8, 4) is 0 Å². The third-order valence-corrected chi connectivity index (χ3v) is 3.83. The number of H-pyrrole nitrogens is 1. The molecule has 0 fully saturated rings. The van der Waals surface area contributed by atoms with Crippen LogP contribution in [0, 0.1) is 5.92 Å². The molecule has 0 saturated heterocycles. The first-order valence-corrected chi connectivity index (χ1v) is 7.30. The number of rotatable bonds is 7. The number of aromatic nitrogens is 2. The lowest BCUT2D eigenvalue weighted by Crippen LogP contribution is -2.48. The monoisotopic (exact) mass is 294 g/mol. The lowest BCUT2D eigenvalue weighted by atomic mass is 10.0. The third-order valence-electron chi connectivity index (χ3n) is 3.83. The van der Waals surface area contributed by atoms with Crippen LogP contribution in [-0.2, 0) is 22.6 Å². The van der Waals surface area contributed by atoms with E-state index in [9.17, 15) is 9.59 Å². The molecule has 1 aromatic heterocycles. The van der Waals surface area contributed by atoms with Gasteiger partial charge in [-0.2, -0.15) is 0 Å². The molecule has 2 rings (SSSR count). The van der Waals surface area contributed by atoms with Crippen LogP contribution in [0.3, 0.4) is 0 Å². The number of carboxylic acids is 1. The summed E-state index contributed by atoms with van der Waals surface area (Å²) in [4.78, 5) is 29.8. The van der Waals surface area contributed by atoms with Gasteiger partial charge in [0.05, 0.1) is 23.8 Å². The van der Waals surface area contributed by atoms with E-state index in [-0.39, 0.29) is 18.4 Å². The highest BCUT2D eigenvalue weighted by molar-refractivity contribution is 5.82. The highest BCUT2D eigenvalue weighted by atomic mass is 16.4. The Labute approximate surface area is 123 Å². The second-order valence-corrected chi connectivity index (χ2v) is 5.58. The Morgan fingerprint density at radius 2 is 2.33 bits per heavy atom. The van der Waals surface area contributed by atoms with Gasteiger partial charge in [0.25, 0.3) is 0 Å². The molecule has 1 aliphatic heterocycles. The van der Waals surface area contributed by atoms with Gasteiger partial charge in [-0.05, 0) is 18.8 Å². The number of amides is 1. The predicted molar refractivity (Wildman–Crippen MR) is 76.6 cm³/mol. The molecule has 2 heterocycles. The number of aliphatic carboxylic acids is 1. The first-order valence-electron chi connectivity index (χ1n) is 7.30. The fourth-order valence-electron chi connectivity index (χ4n) is 2.43. The number of carboxylic acid groups (broad SMARTS) is 1. The van der Waals surface area contributed by atoms with Crippen LogP contribution in [-0.4, -0.2) is 39.5 Å². The summed E-state index contributed by atoms with van der Waals surface area (Å²) in [6.07, 6.45) is 3.86. The number of nitrogens with zero attached hydrogens (tertiary/aromatic N) is 1. The zero-order valence-corrected chi connectivity index (χ0v) is 12.2. The molecule has 0 aromatic carbocycles. The van der Waals surface area contributed by atoms with Gasteiger partial charge in [0, 0.05) is 25.9 Å². The molecule has 21 heavy (non-hydrogen) atoms. The van der Waals surface area contributed by atoms with Gasteiger partial charge in [0.15, 0.2) is 0 Å². The van der Waals surface area contributed by atoms with Gasteiger partial charge in [0.1, 0.15) is 0 Å². The molecule has 1 aliphatic rings. The van der Waals surface area contributed by atoms with Crippen molar-refractivity contribution in [2.75, 3.05) is 6.54 Å². The van der Waals surface area contributed by atoms with Crippen LogP contribution in [0.25, 0.3) is 0 Å². The number of hydrogen-bond acceptors (Lipinski definition) is 4. The van der Waals surface area contributed by atoms with Crippen LogP contribution in [0.2, 0.25) is 0 Å². The van der Waals surface area contributed by atoms with E-state index in [0.29, 0.717) is 31.8 Å². The van der Waals surface area contributed by atoms with Crippen molar-refractivity contribution >= 4 is 11.9 Å². The SMILES string of the molecule is CC(CCNC(=O)C1Cc2nc[nH]c2CN1)CCC(=O)O. The van der Waals surface area contributed by atoms with E-state index >= 15 is 0 Å². The second-order valence-electron chi connectivity index (χ2n) is 5.58. The minimum atomic E-state index is -0.771. The molecule has 7 heteroatoms. The Kier molecular flexibility index (Phi) is 5.32. The number of aromatic amines is 1. The molecule has 4 N–H and O–H groups in total. The van der Waals surface area contributed by atoms with Crippen molar-refractivity contribution in [2.24, 2.45) is 5.92 Å². The summed E-state index contributed by atoms with van der Waals surface area (Å²) in [6.45, 7) is 3.21. The number of carbonyl (C=O) groups excluding carboxylic acids is 1. The molecule has 116 valence electrons. The van der Waals surface area contributed by atoms with Crippen LogP contribution in [0.4, 0.5) is 0 Å². The van der Waals surface area contributed by atoms with Gasteiger partial charge < -0.3 is 15.4 Å². The summed E-state index contributed by atoms with van der Waals surface area (Å²) in [5.41, 5.74) is 1.99. The van der Waals surface area contributed by atoms with Gasteiger partial charge in [-0.15, -0.1) is 0 Å². The van der Waals surface area contributed by atoms with Crippen LogP contribution in [0.15, 0.2) is 6.33 Å². The van der Waals surface area contributed by atoms with E-state index in [2.05, 4.69) is 20.6 Å². The van der Waals surface area contributed by atoms with E-state index in [1.165, 1.54) is 0 Å². The average molecular weight is 294 g/mol. The molecule has 0 radical (unpaired) electrons. The van der Waals surface area contributed by atoms with Gasteiger partial charge in [-0.1, -0.05) is 6.92 Å². The van der Waals surface area contributed by atoms with Crippen molar-refractivity contribution in [2.45, 2.75) is 45.2 Å². The first kappa shape index (κ1) is 15.5. The van der Waals surface area contributed by atoms with E-state index in [1.807, 2.05) is 6.92 Å². The summed E-state index contributed by atoms with van der Waals surface area (Å²) in [7, 11) is 0. The van der Waals surface area contributed by atoms with Crippen LogP contribution >= 0.6 is 0 Å². The maximum Gasteiger partial charge on any atom is 0.303 e. The van der Waals surface area contributed by atoms with Crippen LogP contribution < -0.4 is 10.6 Å². The van der Waals surface area contributed by atoms with E-state index in [0.717, 1.165) is 17.8 Å². The Morgan fingerprint density at radius 3 is 3.10 bits per heavy atom. The Bertz CT molecular complexity index is 500. The Morgan fingerprint density at radius 1 is 1.52 bits per heavy atom. The van der Waals surface area contributed by atoms with Crippen molar-refractivity contribution < 1.29 is 14.7 Å². The minimum Gasteiger partial charge on any atom is -0.481 e. The number of fused-ring (bicyclic) bond motifs is 1. The van der Waals surface area contributed by atoms with Gasteiger partial charge >= 0.3 is 5.97 Å². The summed E-state index contributed by atoms with van der Waals surface area (Å²) in [5.74, 6) is -0.500. The van der Waals surface area contributed by atoms with Crippen molar-refractivity contribution in [1.29, 1.82) is 0 Å². The van der Waals surface area contributed by atoms with Crippen molar-refractivity contribution in [1.82, 2.24) is 20.6 Å². The zero-order chi connectivity index (χ0) is 15.2. The number of carbonyl (C=O) groups is 2. The third kappa shape index (κ3) is 4.56. The largest absolute Gasteiger partial charge is 0.481 e. The molecule has 0 saturated carbocycles. The van der Waals surface area contributed by atoms with E-state index < -0.39 is 5.97 Å². The summed E-state index contributed by atoms with van der Waals surface area (Å²) >= 11 is 0. The van der Waals surface area contributed by atoms with Crippen LogP contribution in [0.1, 0.15) is 37.6 Å². The molecule has 1 amide bonds. The topological polar surface area (TPSA) is 107 Å². The smallest absolute Gasteiger partial charge is 0.303 e. The van der Waals surface area contributed by atoms with Crippen molar-refractivity contribution in [3.63, 3.8) is 0 Å². The maximum atomic E-state index is 12.1. The molecule has 0 spiro atoms. The summed E-state index contributed by atoms with van der Waals surface area (Å²) < 4.78 is 0. The standard InChI is InChI=1S/C14H22N4O3/c1-9(2-3-13(19)20)4-5-15-14(21)11-6-10-12(7-16-11)18-8-17-10/h8-9,11,16H,2-7H2,1H3,(H,15,21)(H,17,18)(H,19,20). The number of imidazole rings is 1. The van der Waals surface area contributed by atoms with Gasteiger partial charge in [-0.3, -0.25) is 14.9 Å². The number of hydrogen-bond donors (Lipinski definition) is 4. The minimum absolute atomic E-state index is 0.0194. The molecular weight excluding hydrogens is 272 g/mol. The maximum absolute atomic E-state index is 12.1. The average Bonchev–Trinajstić information content (AvgIpc) is 2.92. The first-order chi connectivity index (χ1) is 10.1.